The molecule has 0 bridgehead atoms. The highest BCUT2D eigenvalue weighted by molar-refractivity contribution is 7.89. The first-order valence-electron chi connectivity index (χ1n) is 7.87. The standard InChI is InChI=1S/C14H32N4O2S/c1-6-15-14(16-10-9-13(4)5)17-11-12-21(19,20)18(7-2)8-3/h13H,6-12H2,1-5H3,(H2,15,16,17). The first-order valence-corrected chi connectivity index (χ1v) is 9.48. The van der Waals surface area contributed by atoms with E-state index >= 15 is 0 Å². The van der Waals surface area contributed by atoms with Crippen molar-refractivity contribution in [3.05, 3.63) is 0 Å². The molecule has 0 aromatic heterocycles. The van der Waals surface area contributed by atoms with Gasteiger partial charge in [0.15, 0.2) is 5.96 Å². The molecule has 126 valence electrons. The summed E-state index contributed by atoms with van der Waals surface area (Å²) in [5.74, 6) is 1.39. The Morgan fingerprint density at radius 3 is 2.24 bits per heavy atom. The van der Waals surface area contributed by atoms with E-state index < -0.39 is 10.0 Å². The van der Waals surface area contributed by atoms with Gasteiger partial charge in [0.2, 0.25) is 10.0 Å². The van der Waals surface area contributed by atoms with Crippen LogP contribution in [0.15, 0.2) is 4.99 Å². The summed E-state index contributed by atoms with van der Waals surface area (Å²) in [6.45, 7) is 12.9. The van der Waals surface area contributed by atoms with Crippen molar-refractivity contribution < 1.29 is 8.42 Å². The molecule has 0 aromatic carbocycles. The van der Waals surface area contributed by atoms with Gasteiger partial charge < -0.3 is 10.6 Å². The summed E-state index contributed by atoms with van der Waals surface area (Å²) in [4.78, 5) is 4.44. The van der Waals surface area contributed by atoms with Crippen LogP contribution in [0, 0.1) is 5.92 Å². The molecule has 0 atom stereocenters. The first-order chi connectivity index (χ1) is 9.87. The van der Waals surface area contributed by atoms with Gasteiger partial charge in [-0.3, -0.25) is 4.99 Å². The molecular formula is C14H32N4O2S. The van der Waals surface area contributed by atoms with Crippen molar-refractivity contribution in [1.29, 1.82) is 0 Å². The van der Waals surface area contributed by atoms with Crippen LogP contribution in [-0.2, 0) is 10.0 Å². The van der Waals surface area contributed by atoms with Crippen LogP contribution in [0.3, 0.4) is 0 Å². The van der Waals surface area contributed by atoms with E-state index in [1.54, 1.807) is 0 Å². The normalized spacial score (nSPS) is 13.0. The molecule has 0 fully saturated rings. The number of rotatable bonds is 10. The van der Waals surface area contributed by atoms with E-state index in [0.717, 1.165) is 19.5 Å². The summed E-state index contributed by atoms with van der Waals surface area (Å²) in [6.07, 6.45) is 1.02. The molecule has 2 N–H and O–H groups in total. The summed E-state index contributed by atoms with van der Waals surface area (Å²) < 4.78 is 25.6. The van der Waals surface area contributed by atoms with Crippen molar-refractivity contribution in [2.45, 2.75) is 41.0 Å². The van der Waals surface area contributed by atoms with Crippen LogP contribution in [0.5, 0.6) is 0 Å². The monoisotopic (exact) mass is 320 g/mol. The Balaban J connectivity index is 4.37. The van der Waals surface area contributed by atoms with E-state index in [1.807, 2.05) is 20.8 Å². The molecular weight excluding hydrogens is 288 g/mol. The number of sulfonamides is 1. The summed E-state index contributed by atoms with van der Waals surface area (Å²) in [5.41, 5.74) is 0. The Morgan fingerprint density at radius 1 is 1.14 bits per heavy atom. The number of hydrogen-bond donors (Lipinski definition) is 2. The zero-order valence-corrected chi connectivity index (χ0v) is 15.0. The highest BCUT2D eigenvalue weighted by Gasteiger charge is 2.18. The SMILES string of the molecule is CCNC(=NCCC(C)C)NCCS(=O)(=O)N(CC)CC. The minimum absolute atomic E-state index is 0.0866. The molecule has 0 saturated heterocycles. The van der Waals surface area contributed by atoms with Crippen LogP contribution in [-0.4, -0.2) is 57.2 Å². The summed E-state index contributed by atoms with van der Waals surface area (Å²) in [7, 11) is -3.18. The van der Waals surface area contributed by atoms with Gasteiger partial charge in [0.25, 0.3) is 0 Å². The third-order valence-corrected chi connectivity index (χ3v) is 5.10. The minimum atomic E-state index is -3.18. The van der Waals surface area contributed by atoms with Crippen LogP contribution in [0.1, 0.15) is 41.0 Å². The fourth-order valence-electron chi connectivity index (χ4n) is 1.82. The largest absolute Gasteiger partial charge is 0.357 e. The van der Waals surface area contributed by atoms with Crippen molar-refractivity contribution in [2.75, 3.05) is 38.5 Å². The van der Waals surface area contributed by atoms with Gasteiger partial charge in [-0.2, -0.15) is 0 Å². The quantitative estimate of drug-likeness (QED) is 0.469. The molecule has 6 nitrogen and oxygen atoms in total. The molecule has 0 aliphatic carbocycles. The van der Waals surface area contributed by atoms with E-state index in [1.165, 1.54) is 4.31 Å². The van der Waals surface area contributed by atoms with E-state index in [-0.39, 0.29) is 5.75 Å². The van der Waals surface area contributed by atoms with Crippen LogP contribution in [0.4, 0.5) is 0 Å². The number of nitrogens with zero attached hydrogens (tertiary/aromatic N) is 2. The second-order valence-electron chi connectivity index (χ2n) is 5.27. The van der Waals surface area contributed by atoms with Crippen LogP contribution in [0.25, 0.3) is 0 Å². The van der Waals surface area contributed by atoms with Gasteiger partial charge in [-0.25, -0.2) is 12.7 Å². The Hall–Kier alpha value is -0.820. The molecule has 0 amide bonds. The fraction of sp³-hybridized carbons (Fsp3) is 0.929. The smallest absolute Gasteiger partial charge is 0.215 e. The molecule has 0 saturated carbocycles. The topological polar surface area (TPSA) is 73.8 Å². The molecule has 0 aromatic rings. The van der Waals surface area contributed by atoms with Gasteiger partial charge in [-0.1, -0.05) is 27.7 Å². The van der Waals surface area contributed by atoms with Crippen molar-refractivity contribution >= 4 is 16.0 Å². The van der Waals surface area contributed by atoms with Crippen molar-refractivity contribution in [3.8, 4) is 0 Å². The average molecular weight is 321 g/mol. The summed E-state index contributed by atoms with van der Waals surface area (Å²) in [6, 6.07) is 0. The molecule has 21 heavy (non-hydrogen) atoms. The van der Waals surface area contributed by atoms with Gasteiger partial charge in [-0.15, -0.1) is 0 Å². The Kier molecular flexibility index (Phi) is 10.4. The Bertz CT molecular complexity index is 390. The number of aliphatic imine (C=N–C) groups is 1. The van der Waals surface area contributed by atoms with E-state index in [9.17, 15) is 8.42 Å². The number of hydrogen-bond acceptors (Lipinski definition) is 3. The lowest BCUT2D eigenvalue weighted by molar-refractivity contribution is 0.445. The highest BCUT2D eigenvalue weighted by atomic mass is 32.2. The molecule has 7 heteroatoms. The van der Waals surface area contributed by atoms with E-state index in [2.05, 4.69) is 29.5 Å². The second kappa shape index (κ2) is 10.8. The molecule has 0 heterocycles. The maximum absolute atomic E-state index is 12.1. The van der Waals surface area contributed by atoms with Crippen molar-refractivity contribution in [2.24, 2.45) is 10.9 Å². The van der Waals surface area contributed by atoms with Gasteiger partial charge in [0.05, 0.1) is 5.75 Å². The highest BCUT2D eigenvalue weighted by Crippen LogP contribution is 2.00. The molecule has 0 rings (SSSR count). The zero-order valence-electron chi connectivity index (χ0n) is 14.1. The number of guanidine groups is 1. The summed E-state index contributed by atoms with van der Waals surface area (Å²) >= 11 is 0. The maximum Gasteiger partial charge on any atom is 0.215 e. The second-order valence-corrected chi connectivity index (χ2v) is 7.36. The van der Waals surface area contributed by atoms with E-state index in [4.69, 9.17) is 0 Å². The Labute approximate surface area is 130 Å². The molecule has 0 spiro atoms. The lowest BCUT2D eigenvalue weighted by Crippen LogP contribution is -2.42. The van der Waals surface area contributed by atoms with Crippen molar-refractivity contribution in [1.82, 2.24) is 14.9 Å². The third kappa shape index (κ3) is 8.93. The third-order valence-electron chi connectivity index (χ3n) is 3.07. The van der Waals surface area contributed by atoms with Gasteiger partial charge in [0, 0.05) is 32.7 Å². The van der Waals surface area contributed by atoms with Gasteiger partial charge in [-0.05, 0) is 19.3 Å². The zero-order chi connectivity index (χ0) is 16.3. The predicted molar refractivity (Wildman–Crippen MR) is 90.1 cm³/mol. The van der Waals surface area contributed by atoms with E-state index in [0.29, 0.717) is 31.5 Å². The first kappa shape index (κ1) is 20.2. The molecule has 0 aliphatic rings. The molecule has 0 aliphatic heterocycles. The van der Waals surface area contributed by atoms with Crippen LogP contribution < -0.4 is 10.6 Å². The predicted octanol–water partition coefficient (Wildman–Crippen LogP) is 1.26. The van der Waals surface area contributed by atoms with Gasteiger partial charge >= 0.3 is 0 Å². The summed E-state index contributed by atoms with van der Waals surface area (Å²) in [5, 5.41) is 6.22. The van der Waals surface area contributed by atoms with Crippen LogP contribution >= 0.6 is 0 Å². The molecule has 0 unspecified atom stereocenters. The van der Waals surface area contributed by atoms with Crippen molar-refractivity contribution in [3.63, 3.8) is 0 Å². The maximum atomic E-state index is 12.1. The average Bonchev–Trinajstić information content (AvgIpc) is 2.39. The lowest BCUT2D eigenvalue weighted by atomic mass is 10.1. The molecule has 0 radical (unpaired) electrons. The lowest BCUT2D eigenvalue weighted by Gasteiger charge is -2.19. The minimum Gasteiger partial charge on any atom is -0.357 e. The Morgan fingerprint density at radius 2 is 1.76 bits per heavy atom. The number of nitrogens with one attached hydrogen (secondary N) is 2. The fourth-order valence-corrected chi connectivity index (χ4v) is 3.23. The van der Waals surface area contributed by atoms with Crippen LogP contribution in [0.2, 0.25) is 0 Å². The van der Waals surface area contributed by atoms with Gasteiger partial charge in [0.1, 0.15) is 0 Å².